The number of hydrogen-bond acceptors (Lipinski definition) is 5. The van der Waals surface area contributed by atoms with Crippen molar-refractivity contribution < 1.29 is 14.0 Å². The first-order chi connectivity index (χ1) is 20.6. The van der Waals surface area contributed by atoms with E-state index < -0.39 is 11.9 Å². The van der Waals surface area contributed by atoms with Crippen LogP contribution in [-0.2, 0) is 11.2 Å². The first-order valence-electron chi connectivity index (χ1n) is 15.0. The number of benzene rings is 3. The third-order valence-electron chi connectivity index (χ3n) is 9.22. The molecule has 0 bridgehead atoms. The van der Waals surface area contributed by atoms with Crippen molar-refractivity contribution in [2.24, 2.45) is 11.7 Å². The van der Waals surface area contributed by atoms with E-state index in [2.05, 4.69) is 36.1 Å². The van der Waals surface area contributed by atoms with Crippen LogP contribution in [0.3, 0.4) is 0 Å². The second kappa shape index (κ2) is 12.5. The average molecular weight is 582 g/mol. The van der Waals surface area contributed by atoms with Gasteiger partial charge in [0, 0.05) is 37.4 Å². The molecule has 1 unspecified atom stereocenters. The molecular formula is C35H40FN5O2. The monoisotopic (exact) mass is 581 g/mol. The van der Waals surface area contributed by atoms with Gasteiger partial charge in [0.1, 0.15) is 17.9 Å². The van der Waals surface area contributed by atoms with E-state index in [1.54, 1.807) is 17.0 Å². The highest BCUT2D eigenvalue weighted by Crippen LogP contribution is 2.32. The highest BCUT2D eigenvalue weighted by atomic mass is 19.1. The van der Waals surface area contributed by atoms with Gasteiger partial charge in [-0.2, -0.15) is 5.26 Å². The zero-order chi connectivity index (χ0) is 30.8. The molecule has 2 fully saturated rings. The predicted molar refractivity (Wildman–Crippen MR) is 168 cm³/mol. The molecule has 224 valence electrons. The maximum atomic E-state index is 14.0. The van der Waals surface area contributed by atoms with Crippen molar-refractivity contribution in [1.29, 1.82) is 5.26 Å². The SMILES string of the molecule is Cc1ccc(N2CCC(Cc3c(C)cc(C)c(C(=O)N4CCN(c5ccc(F)cc5)C(C(N)=O)C4)c3C)CC2)c(C#N)c1. The molecule has 3 aromatic carbocycles. The Morgan fingerprint density at radius 3 is 2.30 bits per heavy atom. The Labute approximate surface area is 253 Å². The van der Waals surface area contributed by atoms with Crippen molar-refractivity contribution >= 4 is 23.2 Å². The van der Waals surface area contributed by atoms with Gasteiger partial charge in [-0.15, -0.1) is 0 Å². The normalized spacial score (nSPS) is 17.6. The molecule has 0 aliphatic carbocycles. The van der Waals surface area contributed by atoms with E-state index in [4.69, 9.17) is 5.73 Å². The largest absolute Gasteiger partial charge is 0.370 e. The lowest BCUT2D eigenvalue weighted by molar-refractivity contribution is -0.119. The van der Waals surface area contributed by atoms with E-state index in [1.165, 1.54) is 23.3 Å². The molecular weight excluding hydrogens is 541 g/mol. The third kappa shape index (κ3) is 6.22. The summed E-state index contributed by atoms with van der Waals surface area (Å²) < 4.78 is 13.5. The number of nitriles is 1. The summed E-state index contributed by atoms with van der Waals surface area (Å²) >= 11 is 0. The maximum Gasteiger partial charge on any atom is 0.254 e. The van der Waals surface area contributed by atoms with Crippen molar-refractivity contribution in [2.45, 2.75) is 53.0 Å². The molecule has 1 atom stereocenters. The molecule has 0 spiro atoms. The Kier molecular flexibility index (Phi) is 8.72. The number of hydrogen-bond donors (Lipinski definition) is 1. The number of primary amides is 1. The molecule has 0 radical (unpaired) electrons. The molecule has 2 saturated heterocycles. The number of aryl methyl sites for hydroxylation is 3. The highest BCUT2D eigenvalue weighted by molar-refractivity contribution is 5.98. The zero-order valence-corrected chi connectivity index (χ0v) is 25.5. The van der Waals surface area contributed by atoms with Crippen LogP contribution in [-0.4, -0.2) is 55.5 Å². The summed E-state index contributed by atoms with van der Waals surface area (Å²) in [5.74, 6) is -0.466. The second-order valence-corrected chi connectivity index (χ2v) is 12.1. The van der Waals surface area contributed by atoms with Gasteiger partial charge >= 0.3 is 0 Å². The molecule has 2 N–H and O–H groups in total. The van der Waals surface area contributed by atoms with E-state index in [0.29, 0.717) is 30.3 Å². The Bertz CT molecular complexity index is 1570. The number of halogens is 1. The summed E-state index contributed by atoms with van der Waals surface area (Å²) in [5.41, 5.74) is 14.4. The van der Waals surface area contributed by atoms with E-state index in [-0.39, 0.29) is 18.3 Å². The first kappa shape index (κ1) is 30.1. The molecule has 7 nitrogen and oxygen atoms in total. The van der Waals surface area contributed by atoms with Crippen LogP contribution in [0.4, 0.5) is 15.8 Å². The summed E-state index contributed by atoms with van der Waals surface area (Å²) in [5, 5.41) is 9.64. The van der Waals surface area contributed by atoms with Crippen LogP contribution < -0.4 is 15.5 Å². The van der Waals surface area contributed by atoms with Gasteiger partial charge in [-0.1, -0.05) is 12.1 Å². The zero-order valence-electron chi connectivity index (χ0n) is 25.5. The van der Waals surface area contributed by atoms with Crippen molar-refractivity contribution in [2.75, 3.05) is 42.5 Å². The molecule has 8 heteroatoms. The lowest BCUT2D eigenvalue weighted by Gasteiger charge is -2.41. The molecule has 5 rings (SSSR count). The smallest absolute Gasteiger partial charge is 0.254 e. The van der Waals surface area contributed by atoms with Gasteiger partial charge in [0.2, 0.25) is 5.91 Å². The number of rotatable bonds is 6. The van der Waals surface area contributed by atoms with Gasteiger partial charge in [0.25, 0.3) is 5.91 Å². The van der Waals surface area contributed by atoms with Crippen LogP contribution in [0.1, 0.15) is 56.6 Å². The summed E-state index contributed by atoms with van der Waals surface area (Å²) in [4.78, 5) is 32.4. The van der Waals surface area contributed by atoms with Gasteiger partial charge in [-0.25, -0.2) is 4.39 Å². The Morgan fingerprint density at radius 2 is 1.65 bits per heavy atom. The number of anilines is 2. The Balaban J connectivity index is 1.31. The number of piperidine rings is 1. The fraction of sp³-hybridized carbons (Fsp3) is 0.400. The minimum atomic E-state index is -0.700. The number of carbonyl (C=O) groups excluding carboxylic acids is 2. The topological polar surface area (TPSA) is 93.7 Å². The van der Waals surface area contributed by atoms with Crippen LogP contribution in [0.25, 0.3) is 0 Å². The van der Waals surface area contributed by atoms with Crippen molar-refractivity contribution in [3.63, 3.8) is 0 Å². The summed E-state index contributed by atoms with van der Waals surface area (Å²) in [6.07, 6.45) is 2.92. The molecule has 0 saturated carbocycles. The number of carbonyl (C=O) groups is 2. The van der Waals surface area contributed by atoms with Crippen LogP contribution in [0.2, 0.25) is 0 Å². The van der Waals surface area contributed by atoms with Crippen LogP contribution >= 0.6 is 0 Å². The summed E-state index contributed by atoms with van der Waals surface area (Å²) in [7, 11) is 0. The molecule has 2 aliphatic heterocycles. The van der Waals surface area contributed by atoms with Crippen molar-refractivity contribution in [1.82, 2.24) is 4.90 Å². The standard InChI is InChI=1S/C35H40FN5O2/c1-22-5-10-31(27(17-22)20-37)39-13-11-26(12-14-39)19-30-23(2)18-24(3)33(25(30)4)35(43)40-15-16-41(32(21-40)34(38)42)29-8-6-28(36)7-9-29/h5-10,17-18,26,32H,11-16,19,21H2,1-4H3,(H2,38,42). The van der Waals surface area contributed by atoms with E-state index in [1.807, 2.05) is 31.7 Å². The molecule has 43 heavy (non-hydrogen) atoms. The minimum Gasteiger partial charge on any atom is -0.370 e. The van der Waals surface area contributed by atoms with Crippen LogP contribution in [0.15, 0.2) is 48.5 Å². The van der Waals surface area contributed by atoms with Crippen molar-refractivity contribution in [3.05, 3.63) is 93.3 Å². The lowest BCUT2D eigenvalue weighted by atomic mass is 9.83. The van der Waals surface area contributed by atoms with E-state index in [0.717, 1.165) is 60.3 Å². The highest BCUT2D eigenvalue weighted by Gasteiger charge is 2.35. The number of nitrogens with two attached hydrogens (primary N) is 1. The third-order valence-corrected chi connectivity index (χ3v) is 9.22. The van der Waals surface area contributed by atoms with Crippen LogP contribution in [0, 0.1) is 50.8 Å². The Hall–Kier alpha value is -4.38. The van der Waals surface area contributed by atoms with Gasteiger partial charge in [0.15, 0.2) is 0 Å². The number of piperazine rings is 1. The molecule has 2 heterocycles. The van der Waals surface area contributed by atoms with Crippen LogP contribution in [0.5, 0.6) is 0 Å². The summed E-state index contributed by atoms with van der Waals surface area (Å²) in [6.45, 7) is 11.0. The van der Waals surface area contributed by atoms with E-state index in [9.17, 15) is 19.2 Å². The van der Waals surface area contributed by atoms with Gasteiger partial charge < -0.3 is 20.4 Å². The number of amides is 2. The quantitative estimate of drug-likeness (QED) is 0.432. The van der Waals surface area contributed by atoms with Crippen molar-refractivity contribution in [3.8, 4) is 6.07 Å². The molecule has 3 aromatic rings. The predicted octanol–water partition coefficient (Wildman–Crippen LogP) is 5.21. The fourth-order valence-electron chi connectivity index (χ4n) is 6.86. The second-order valence-electron chi connectivity index (χ2n) is 12.1. The van der Waals surface area contributed by atoms with Gasteiger partial charge in [-0.05, 0) is 117 Å². The first-order valence-corrected chi connectivity index (χ1v) is 15.0. The fourth-order valence-corrected chi connectivity index (χ4v) is 6.86. The maximum absolute atomic E-state index is 14.0. The summed E-state index contributed by atoms with van der Waals surface area (Å²) in [6, 6.07) is 15.8. The minimum absolute atomic E-state index is 0.0838. The van der Waals surface area contributed by atoms with Gasteiger partial charge in [-0.3, -0.25) is 9.59 Å². The average Bonchev–Trinajstić information content (AvgIpc) is 2.99. The van der Waals surface area contributed by atoms with E-state index >= 15 is 0 Å². The Morgan fingerprint density at radius 1 is 0.953 bits per heavy atom. The molecule has 2 aliphatic rings. The molecule has 0 aromatic heterocycles. The molecule has 2 amide bonds. The number of nitrogens with zero attached hydrogens (tertiary/aromatic N) is 4. The lowest BCUT2D eigenvalue weighted by Crippen LogP contribution is -2.59. The van der Waals surface area contributed by atoms with Gasteiger partial charge in [0.05, 0.1) is 17.8 Å².